The maximum atomic E-state index is 12.3. The van der Waals surface area contributed by atoms with Crippen molar-refractivity contribution in [3.05, 3.63) is 32.7 Å². The van der Waals surface area contributed by atoms with Gasteiger partial charge in [0.25, 0.3) is 5.91 Å². The first-order chi connectivity index (χ1) is 9.60. The third-order valence-corrected chi connectivity index (χ3v) is 5.24. The van der Waals surface area contributed by atoms with E-state index in [1.807, 2.05) is 18.2 Å². The Morgan fingerprint density at radius 3 is 2.60 bits per heavy atom. The van der Waals surface area contributed by atoms with Crippen molar-refractivity contribution in [1.82, 2.24) is 5.32 Å². The van der Waals surface area contributed by atoms with Crippen LogP contribution >= 0.6 is 31.9 Å². The lowest BCUT2D eigenvalue weighted by molar-refractivity contribution is 0.0920. The summed E-state index contributed by atoms with van der Waals surface area (Å²) in [5.74, 6) is 0.892. The van der Waals surface area contributed by atoms with Gasteiger partial charge in [-0.2, -0.15) is 0 Å². The summed E-state index contributed by atoms with van der Waals surface area (Å²) >= 11 is 6.86. The van der Waals surface area contributed by atoms with Crippen LogP contribution in [0.15, 0.2) is 27.1 Å². The molecule has 0 aliphatic heterocycles. The second kappa shape index (κ2) is 7.60. The van der Waals surface area contributed by atoms with Crippen molar-refractivity contribution in [3.63, 3.8) is 0 Å². The van der Waals surface area contributed by atoms with Crippen molar-refractivity contribution in [2.45, 2.75) is 51.5 Å². The molecule has 0 saturated heterocycles. The largest absolute Gasteiger partial charge is 0.349 e. The van der Waals surface area contributed by atoms with Crippen LogP contribution < -0.4 is 5.32 Å². The molecule has 0 spiro atoms. The van der Waals surface area contributed by atoms with Gasteiger partial charge >= 0.3 is 0 Å². The zero-order chi connectivity index (χ0) is 14.5. The van der Waals surface area contributed by atoms with Crippen LogP contribution in [-0.2, 0) is 0 Å². The number of benzene rings is 1. The van der Waals surface area contributed by atoms with E-state index in [-0.39, 0.29) is 5.91 Å². The van der Waals surface area contributed by atoms with Gasteiger partial charge in [-0.3, -0.25) is 4.79 Å². The highest BCUT2D eigenvalue weighted by atomic mass is 79.9. The van der Waals surface area contributed by atoms with E-state index in [9.17, 15) is 4.79 Å². The SMILES string of the molecule is CCCC1CCC(NC(=O)c2cc(Br)ccc2Br)CC1. The zero-order valence-corrected chi connectivity index (χ0v) is 15.0. The molecule has 0 bridgehead atoms. The van der Waals surface area contributed by atoms with E-state index in [1.54, 1.807) is 0 Å². The number of hydrogen-bond acceptors (Lipinski definition) is 1. The number of carbonyl (C=O) groups is 1. The molecule has 0 heterocycles. The Morgan fingerprint density at radius 2 is 1.95 bits per heavy atom. The Hall–Kier alpha value is -0.350. The van der Waals surface area contributed by atoms with E-state index < -0.39 is 0 Å². The first-order valence-corrected chi connectivity index (χ1v) is 8.94. The molecule has 1 aromatic rings. The Balaban J connectivity index is 1.91. The maximum absolute atomic E-state index is 12.3. The lowest BCUT2D eigenvalue weighted by Crippen LogP contribution is -2.37. The van der Waals surface area contributed by atoms with Gasteiger partial charge in [-0.05, 0) is 65.7 Å². The molecule has 20 heavy (non-hydrogen) atoms. The summed E-state index contributed by atoms with van der Waals surface area (Å²) in [6.07, 6.45) is 7.32. The summed E-state index contributed by atoms with van der Waals surface area (Å²) in [5, 5.41) is 3.18. The summed E-state index contributed by atoms with van der Waals surface area (Å²) < 4.78 is 1.77. The average Bonchev–Trinajstić information content (AvgIpc) is 2.44. The molecule has 0 atom stereocenters. The highest BCUT2D eigenvalue weighted by Gasteiger charge is 2.22. The van der Waals surface area contributed by atoms with E-state index in [4.69, 9.17) is 0 Å². The summed E-state index contributed by atoms with van der Waals surface area (Å²) in [6, 6.07) is 6.03. The summed E-state index contributed by atoms with van der Waals surface area (Å²) in [7, 11) is 0. The van der Waals surface area contributed by atoms with Crippen LogP contribution in [0, 0.1) is 5.92 Å². The van der Waals surface area contributed by atoms with Gasteiger partial charge in [-0.25, -0.2) is 0 Å². The molecule has 1 aliphatic rings. The molecule has 1 amide bonds. The Bertz CT molecular complexity index is 468. The number of amides is 1. The molecule has 1 saturated carbocycles. The topological polar surface area (TPSA) is 29.1 Å². The number of hydrogen-bond donors (Lipinski definition) is 1. The summed E-state index contributed by atoms with van der Waals surface area (Å²) in [5.41, 5.74) is 0.704. The van der Waals surface area contributed by atoms with E-state index in [1.165, 1.54) is 25.7 Å². The van der Waals surface area contributed by atoms with Gasteiger partial charge in [0, 0.05) is 15.0 Å². The minimum absolute atomic E-state index is 0.0251. The third kappa shape index (κ3) is 4.32. The summed E-state index contributed by atoms with van der Waals surface area (Å²) in [6.45, 7) is 2.25. The van der Waals surface area contributed by atoms with Crippen LogP contribution in [-0.4, -0.2) is 11.9 Å². The highest BCUT2D eigenvalue weighted by molar-refractivity contribution is 9.11. The molecule has 110 valence electrons. The molecule has 1 fully saturated rings. The van der Waals surface area contributed by atoms with Crippen LogP contribution in [0.1, 0.15) is 55.8 Å². The Morgan fingerprint density at radius 1 is 1.25 bits per heavy atom. The fourth-order valence-corrected chi connectivity index (χ4v) is 3.73. The quantitative estimate of drug-likeness (QED) is 0.727. The molecular formula is C16H21Br2NO. The molecular weight excluding hydrogens is 382 g/mol. The van der Waals surface area contributed by atoms with Gasteiger partial charge in [0.2, 0.25) is 0 Å². The molecule has 0 aromatic heterocycles. The number of rotatable bonds is 4. The zero-order valence-electron chi connectivity index (χ0n) is 11.8. The third-order valence-electron chi connectivity index (χ3n) is 4.05. The molecule has 1 aliphatic carbocycles. The van der Waals surface area contributed by atoms with Gasteiger partial charge in [-0.1, -0.05) is 35.7 Å². The van der Waals surface area contributed by atoms with Crippen molar-refractivity contribution in [2.75, 3.05) is 0 Å². The van der Waals surface area contributed by atoms with Crippen molar-refractivity contribution in [1.29, 1.82) is 0 Å². The lowest BCUT2D eigenvalue weighted by atomic mass is 9.83. The predicted molar refractivity (Wildman–Crippen MR) is 90.0 cm³/mol. The van der Waals surface area contributed by atoms with Gasteiger partial charge < -0.3 is 5.32 Å². The van der Waals surface area contributed by atoms with Gasteiger partial charge in [0.1, 0.15) is 0 Å². The minimum atomic E-state index is 0.0251. The Labute approximate surface area is 138 Å². The van der Waals surface area contributed by atoms with E-state index in [0.29, 0.717) is 11.6 Å². The van der Waals surface area contributed by atoms with Crippen LogP contribution in [0.2, 0.25) is 0 Å². The molecule has 4 heteroatoms. The van der Waals surface area contributed by atoms with E-state index in [0.717, 1.165) is 27.7 Å². The first kappa shape index (κ1) is 16.0. The first-order valence-electron chi connectivity index (χ1n) is 7.36. The van der Waals surface area contributed by atoms with Crippen molar-refractivity contribution in [2.24, 2.45) is 5.92 Å². The van der Waals surface area contributed by atoms with Crippen molar-refractivity contribution < 1.29 is 4.79 Å². The van der Waals surface area contributed by atoms with Crippen LogP contribution in [0.5, 0.6) is 0 Å². The number of nitrogens with one attached hydrogen (secondary N) is 1. The molecule has 2 rings (SSSR count). The van der Waals surface area contributed by atoms with Gasteiger partial charge in [0.15, 0.2) is 0 Å². The minimum Gasteiger partial charge on any atom is -0.349 e. The highest BCUT2D eigenvalue weighted by Crippen LogP contribution is 2.28. The molecule has 1 N–H and O–H groups in total. The van der Waals surface area contributed by atoms with Gasteiger partial charge in [0.05, 0.1) is 5.56 Å². The van der Waals surface area contributed by atoms with Crippen LogP contribution in [0.25, 0.3) is 0 Å². The monoisotopic (exact) mass is 401 g/mol. The predicted octanol–water partition coefficient (Wildman–Crippen LogP) is 5.30. The van der Waals surface area contributed by atoms with Crippen molar-refractivity contribution >= 4 is 37.8 Å². The second-order valence-corrected chi connectivity index (χ2v) is 7.37. The maximum Gasteiger partial charge on any atom is 0.252 e. The molecule has 2 nitrogen and oxygen atoms in total. The van der Waals surface area contributed by atoms with Crippen LogP contribution in [0.4, 0.5) is 0 Å². The van der Waals surface area contributed by atoms with E-state index in [2.05, 4.69) is 44.1 Å². The normalized spacial score (nSPS) is 22.6. The number of halogens is 2. The fraction of sp³-hybridized carbons (Fsp3) is 0.562. The molecule has 1 aromatic carbocycles. The molecule has 0 radical (unpaired) electrons. The Kier molecular flexibility index (Phi) is 6.09. The van der Waals surface area contributed by atoms with Crippen molar-refractivity contribution in [3.8, 4) is 0 Å². The van der Waals surface area contributed by atoms with E-state index >= 15 is 0 Å². The van der Waals surface area contributed by atoms with Crippen LogP contribution in [0.3, 0.4) is 0 Å². The lowest BCUT2D eigenvalue weighted by Gasteiger charge is -2.29. The fourth-order valence-electron chi connectivity index (χ4n) is 2.94. The number of carbonyl (C=O) groups excluding carboxylic acids is 1. The summed E-state index contributed by atoms with van der Waals surface area (Å²) in [4.78, 5) is 12.3. The molecule has 0 unspecified atom stereocenters. The van der Waals surface area contributed by atoms with Gasteiger partial charge in [-0.15, -0.1) is 0 Å². The average molecular weight is 403 g/mol. The second-order valence-electron chi connectivity index (χ2n) is 5.60. The smallest absolute Gasteiger partial charge is 0.252 e. The standard InChI is InChI=1S/C16H21Br2NO/c1-2-3-11-4-7-13(8-5-11)19-16(20)14-10-12(17)6-9-15(14)18/h6,9-11,13H,2-5,7-8H2,1H3,(H,19,20).